The predicted molar refractivity (Wildman–Crippen MR) is 128 cm³/mol. The summed E-state index contributed by atoms with van der Waals surface area (Å²) >= 11 is 0. The molecule has 2 N–H and O–H groups in total. The summed E-state index contributed by atoms with van der Waals surface area (Å²) < 4.78 is 32.4. The van der Waals surface area contributed by atoms with E-state index in [1.165, 1.54) is 11.0 Å². The molecule has 0 bridgehead atoms. The SMILES string of the molecule is O=C1C2Cc3c([nH]c4ccc(OCC(F)F)cc34)C(c3cccc(O)c3)N2C(=O)N1CCn1ccnc1. The Morgan fingerprint density at radius 2 is 2.03 bits per heavy atom. The number of carbonyl (C=O) groups excluding carboxylic acids is 2. The van der Waals surface area contributed by atoms with Gasteiger partial charge in [0.2, 0.25) is 0 Å². The lowest BCUT2D eigenvalue weighted by atomic mass is 9.89. The number of fused-ring (bicyclic) bond motifs is 4. The van der Waals surface area contributed by atoms with Crippen LogP contribution in [-0.2, 0) is 17.8 Å². The van der Waals surface area contributed by atoms with E-state index in [0.717, 1.165) is 16.5 Å². The Hall–Kier alpha value is -4.41. The van der Waals surface area contributed by atoms with Gasteiger partial charge in [-0.1, -0.05) is 12.1 Å². The first kappa shape index (κ1) is 23.0. The number of aromatic nitrogens is 3. The van der Waals surface area contributed by atoms with Crippen LogP contribution >= 0.6 is 0 Å². The highest BCUT2D eigenvalue weighted by Crippen LogP contribution is 2.45. The lowest BCUT2D eigenvalue weighted by Gasteiger charge is -2.36. The number of phenols is 1. The van der Waals surface area contributed by atoms with E-state index in [4.69, 9.17) is 4.74 Å². The molecule has 1 saturated heterocycles. The van der Waals surface area contributed by atoms with E-state index >= 15 is 0 Å². The standard InChI is InChI=1S/C26H23F2N5O4/c27-22(28)13-37-17-4-5-20-18(11-17)19-12-21-25(35)32(9-8-31-7-6-29-14-31)26(36)33(21)24(23(19)30-20)15-2-1-3-16(34)10-15/h1-7,10-11,14,21-22,24,30,34H,8-9,12-13H2. The molecule has 11 heteroatoms. The second-order valence-electron chi connectivity index (χ2n) is 9.12. The van der Waals surface area contributed by atoms with Crippen molar-refractivity contribution in [1.29, 1.82) is 0 Å². The van der Waals surface area contributed by atoms with Crippen molar-refractivity contribution in [3.63, 3.8) is 0 Å². The summed E-state index contributed by atoms with van der Waals surface area (Å²) in [4.78, 5) is 37.4. The van der Waals surface area contributed by atoms with Crippen LogP contribution < -0.4 is 4.74 Å². The topological polar surface area (TPSA) is 104 Å². The zero-order valence-corrected chi connectivity index (χ0v) is 19.6. The smallest absolute Gasteiger partial charge is 0.328 e. The molecule has 2 unspecified atom stereocenters. The van der Waals surface area contributed by atoms with Gasteiger partial charge in [0.1, 0.15) is 30.2 Å². The van der Waals surface area contributed by atoms with Gasteiger partial charge < -0.3 is 19.4 Å². The van der Waals surface area contributed by atoms with Crippen molar-refractivity contribution in [3.05, 3.63) is 78.0 Å². The molecule has 6 rings (SSSR count). The molecule has 2 aliphatic rings. The van der Waals surface area contributed by atoms with Gasteiger partial charge >= 0.3 is 6.03 Å². The number of urea groups is 1. The number of alkyl halides is 2. The first-order valence-electron chi connectivity index (χ1n) is 11.8. The third-order valence-corrected chi connectivity index (χ3v) is 6.90. The largest absolute Gasteiger partial charge is 0.508 e. The summed E-state index contributed by atoms with van der Waals surface area (Å²) in [5, 5.41) is 10.9. The number of rotatable bonds is 7. The minimum atomic E-state index is -2.60. The molecule has 2 aromatic heterocycles. The van der Waals surface area contributed by atoms with E-state index in [0.29, 0.717) is 23.6 Å². The van der Waals surface area contributed by atoms with E-state index in [2.05, 4.69) is 9.97 Å². The summed E-state index contributed by atoms with van der Waals surface area (Å²) in [6, 6.07) is 9.80. The Bertz CT molecular complexity index is 1490. The quantitative estimate of drug-likeness (QED) is 0.372. The van der Waals surface area contributed by atoms with E-state index in [1.807, 2.05) is 0 Å². The molecule has 0 aliphatic carbocycles. The summed E-state index contributed by atoms with van der Waals surface area (Å²) in [7, 11) is 0. The van der Waals surface area contributed by atoms with Crippen LogP contribution in [0.5, 0.6) is 11.5 Å². The maximum absolute atomic E-state index is 13.6. The number of hydrogen-bond acceptors (Lipinski definition) is 5. The van der Waals surface area contributed by atoms with Gasteiger partial charge in [-0.25, -0.2) is 18.6 Å². The number of H-pyrrole nitrogens is 1. The maximum atomic E-state index is 13.6. The molecule has 2 atom stereocenters. The highest BCUT2D eigenvalue weighted by atomic mass is 19.3. The van der Waals surface area contributed by atoms with Crippen molar-refractivity contribution in [1.82, 2.24) is 24.3 Å². The molecule has 4 heterocycles. The van der Waals surface area contributed by atoms with Crippen LogP contribution in [0.4, 0.5) is 13.6 Å². The number of nitrogens with one attached hydrogen (secondary N) is 1. The molecule has 0 spiro atoms. The fraction of sp³-hybridized carbons (Fsp3) is 0.269. The first-order valence-corrected chi connectivity index (χ1v) is 11.8. The Morgan fingerprint density at radius 3 is 2.78 bits per heavy atom. The summed E-state index contributed by atoms with van der Waals surface area (Å²) in [5.74, 6) is 0.0250. The number of aromatic amines is 1. The minimum Gasteiger partial charge on any atom is -0.508 e. The average molecular weight is 507 g/mol. The number of amides is 3. The summed E-state index contributed by atoms with van der Waals surface area (Å²) in [6.07, 6.45) is 2.67. The van der Waals surface area contributed by atoms with Crippen LogP contribution in [0.3, 0.4) is 0 Å². The number of benzene rings is 2. The predicted octanol–water partition coefficient (Wildman–Crippen LogP) is 3.69. The van der Waals surface area contributed by atoms with Crippen LogP contribution in [0.2, 0.25) is 0 Å². The van der Waals surface area contributed by atoms with E-state index in [9.17, 15) is 23.5 Å². The highest BCUT2D eigenvalue weighted by Gasteiger charge is 2.52. The molecular formula is C26H23F2N5O4. The third kappa shape index (κ3) is 3.96. The van der Waals surface area contributed by atoms with Crippen molar-refractivity contribution in [3.8, 4) is 11.5 Å². The maximum Gasteiger partial charge on any atom is 0.328 e. The van der Waals surface area contributed by atoms with E-state index in [1.54, 1.807) is 64.6 Å². The second-order valence-corrected chi connectivity index (χ2v) is 9.12. The lowest BCUT2D eigenvalue weighted by molar-refractivity contribution is -0.128. The van der Waals surface area contributed by atoms with Gasteiger partial charge in [-0.2, -0.15) is 0 Å². The van der Waals surface area contributed by atoms with Crippen molar-refractivity contribution >= 4 is 22.8 Å². The van der Waals surface area contributed by atoms with Crippen LogP contribution in [0.1, 0.15) is 22.9 Å². The van der Waals surface area contributed by atoms with Crippen LogP contribution in [0.25, 0.3) is 10.9 Å². The van der Waals surface area contributed by atoms with Crippen LogP contribution in [-0.4, -0.2) is 67.0 Å². The zero-order chi connectivity index (χ0) is 25.7. The first-order chi connectivity index (χ1) is 17.9. The monoisotopic (exact) mass is 507 g/mol. The Kier molecular flexibility index (Phi) is 5.54. The number of imidazole rings is 1. The third-order valence-electron chi connectivity index (χ3n) is 6.90. The number of carbonyl (C=O) groups is 2. The number of hydrogen-bond donors (Lipinski definition) is 2. The molecule has 0 radical (unpaired) electrons. The number of aromatic hydroxyl groups is 1. The molecule has 4 aromatic rings. The molecule has 0 saturated carbocycles. The highest BCUT2D eigenvalue weighted by molar-refractivity contribution is 6.05. The van der Waals surface area contributed by atoms with E-state index < -0.39 is 31.1 Å². The number of imide groups is 1. The zero-order valence-electron chi connectivity index (χ0n) is 19.6. The Morgan fingerprint density at radius 1 is 1.16 bits per heavy atom. The fourth-order valence-electron chi connectivity index (χ4n) is 5.29. The number of phenolic OH excluding ortho intramolecular Hbond substituents is 1. The van der Waals surface area contributed by atoms with Gasteiger partial charge in [0, 0.05) is 48.5 Å². The normalized spacial score (nSPS) is 19.1. The van der Waals surface area contributed by atoms with Crippen LogP contribution in [0, 0.1) is 0 Å². The molecular weight excluding hydrogens is 484 g/mol. The molecule has 2 aromatic carbocycles. The molecule has 37 heavy (non-hydrogen) atoms. The van der Waals surface area contributed by atoms with Crippen molar-refractivity contribution in [2.45, 2.75) is 31.5 Å². The van der Waals surface area contributed by atoms with Crippen molar-refractivity contribution in [2.75, 3.05) is 13.2 Å². The van der Waals surface area contributed by atoms with Crippen molar-refractivity contribution < 1.29 is 28.2 Å². The lowest BCUT2D eigenvalue weighted by Crippen LogP contribution is -2.44. The fourth-order valence-corrected chi connectivity index (χ4v) is 5.29. The molecule has 1 fully saturated rings. The van der Waals surface area contributed by atoms with Crippen LogP contribution in [0.15, 0.2) is 61.2 Å². The average Bonchev–Trinajstić information content (AvgIpc) is 3.58. The molecule has 190 valence electrons. The molecule has 9 nitrogen and oxygen atoms in total. The van der Waals surface area contributed by atoms with Gasteiger partial charge in [-0.05, 0) is 41.5 Å². The molecule has 3 amide bonds. The summed E-state index contributed by atoms with van der Waals surface area (Å²) in [5.41, 5.74) is 2.90. The number of ether oxygens (including phenoxy) is 1. The second kappa shape index (κ2) is 8.91. The van der Waals surface area contributed by atoms with Gasteiger partial charge in [0.15, 0.2) is 0 Å². The Balaban J connectivity index is 1.42. The van der Waals surface area contributed by atoms with Gasteiger partial charge in [0.05, 0.1) is 6.33 Å². The van der Waals surface area contributed by atoms with Gasteiger partial charge in [0.25, 0.3) is 12.3 Å². The molecule has 2 aliphatic heterocycles. The number of halogens is 2. The van der Waals surface area contributed by atoms with E-state index in [-0.39, 0.29) is 24.6 Å². The van der Waals surface area contributed by atoms with Gasteiger partial charge in [-0.15, -0.1) is 0 Å². The Labute approximate surface area is 209 Å². The number of nitrogens with zero attached hydrogens (tertiary/aromatic N) is 4. The van der Waals surface area contributed by atoms with Crippen molar-refractivity contribution in [2.24, 2.45) is 0 Å². The minimum absolute atomic E-state index is 0.0370. The van der Waals surface area contributed by atoms with Gasteiger partial charge in [-0.3, -0.25) is 14.6 Å². The summed E-state index contributed by atoms with van der Waals surface area (Å²) in [6.45, 7) is -0.124.